The highest BCUT2D eigenvalue weighted by Gasteiger charge is 2.12. The molecule has 0 amide bonds. The largest absolute Gasteiger partial charge is 0.493 e. The Morgan fingerprint density at radius 2 is 1.53 bits per heavy atom. The maximum absolute atomic E-state index is 12.6. The molecule has 0 fully saturated rings. The van der Waals surface area contributed by atoms with Gasteiger partial charge in [-0.1, -0.05) is 6.58 Å². The zero-order chi connectivity index (χ0) is 21.8. The molecule has 2 heterocycles. The van der Waals surface area contributed by atoms with E-state index in [1.165, 1.54) is 39.8 Å². The molecular formula is C21H22N4O5. The molecule has 0 bridgehead atoms. The molecule has 0 radical (unpaired) electrons. The maximum Gasteiger partial charge on any atom is 0.272 e. The second-order valence-corrected chi connectivity index (χ2v) is 6.43. The summed E-state index contributed by atoms with van der Waals surface area (Å²) >= 11 is 0. The fraction of sp³-hybridized carbons (Fsp3) is 0.190. The number of rotatable bonds is 6. The van der Waals surface area contributed by atoms with Crippen LogP contribution in [0.2, 0.25) is 0 Å². The second kappa shape index (κ2) is 8.56. The normalized spacial score (nSPS) is 12.1. The van der Waals surface area contributed by atoms with Crippen molar-refractivity contribution in [2.45, 2.75) is 6.92 Å². The summed E-state index contributed by atoms with van der Waals surface area (Å²) in [7, 11) is 4.49. The topological polar surface area (TPSA) is 122 Å². The highest BCUT2D eigenvalue weighted by Crippen LogP contribution is 2.38. The minimum atomic E-state index is -0.470. The Kier molecular flexibility index (Phi) is 5.91. The van der Waals surface area contributed by atoms with Gasteiger partial charge in [-0.15, -0.1) is 0 Å². The summed E-state index contributed by atoms with van der Waals surface area (Å²) in [6.45, 7) is 5.67. The summed E-state index contributed by atoms with van der Waals surface area (Å²) in [4.78, 5) is 37.4. The SMILES string of the molecule is C=C(C)c1[nH]cnc1/C=c1\[nH]c(=O)/c(=C/c2cc(OC)c(OC)c(OC)c2)[nH]c1=O. The molecule has 9 nitrogen and oxygen atoms in total. The van der Waals surface area contributed by atoms with E-state index in [4.69, 9.17) is 14.2 Å². The van der Waals surface area contributed by atoms with E-state index in [0.29, 0.717) is 34.2 Å². The fourth-order valence-electron chi connectivity index (χ4n) is 2.94. The standard InChI is InChI=1S/C21H22N4O5/c1-11(2)18-13(22-10-23-18)9-15-21(27)24-14(20(26)25-15)6-12-7-16(28-3)19(30-5)17(8-12)29-4/h6-10H,1H2,2-5H3,(H,22,23)(H,24,27)(H,25,26)/b14-6-,15-9-. The first-order chi connectivity index (χ1) is 14.4. The number of nitrogens with zero attached hydrogens (tertiary/aromatic N) is 1. The second-order valence-electron chi connectivity index (χ2n) is 6.43. The molecule has 30 heavy (non-hydrogen) atoms. The molecular weight excluding hydrogens is 388 g/mol. The van der Waals surface area contributed by atoms with Crippen LogP contribution in [0.5, 0.6) is 17.2 Å². The van der Waals surface area contributed by atoms with Crippen molar-refractivity contribution in [3.63, 3.8) is 0 Å². The summed E-state index contributed by atoms with van der Waals surface area (Å²) < 4.78 is 15.9. The van der Waals surface area contributed by atoms with Crippen LogP contribution >= 0.6 is 0 Å². The Morgan fingerprint density at radius 1 is 0.967 bits per heavy atom. The van der Waals surface area contributed by atoms with Crippen molar-refractivity contribution in [2.75, 3.05) is 21.3 Å². The lowest BCUT2D eigenvalue weighted by molar-refractivity contribution is 0.324. The average molecular weight is 410 g/mol. The summed E-state index contributed by atoms with van der Waals surface area (Å²) in [5, 5.41) is 0.158. The zero-order valence-corrected chi connectivity index (χ0v) is 17.1. The predicted octanol–water partition coefficient (Wildman–Crippen LogP) is 0.503. The molecule has 0 aliphatic carbocycles. The number of aromatic nitrogens is 4. The first-order valence-electron chi connectivity index (χ1n) is 8.93. The van der Waals surface area contributed by atoms with Gasteiger partial charge in [-0.3, -0.25) is 9.59 Å². The molecule has 156 valence electrons. The van der Waals surface area contributed by atoms with Gasteiger partial charge in [-0.25, -0.2) is 4.98 Å². The quantitative estimate of drug-likeness (QED) is 0.544. The molecule has 0 unspecified atom stereocenters. The highest BCUT2D eigenvalue weighted by molar-refractivity contribution is 5.66. The molecule has 1 aromatic carbocycles. The Hall–Kier alpha value is -4.01. The van der Waals surface area contributed by atoms with E-state index >= 15 is 0 Å². The Labute approximate surface area is 171 Å². The van der Waals surface area contributed by atoms with Crippen LogP contribution in [0.1, 0.15) is 23.9 Å². The van der Waals surface area contributed by atoms with E-state index in [1.807, 2.05) is 6.92 Å². The van der Waals surface area contributed by atoms with Crippen molar-refractivity contribution in [3.8, 4) is 17.2 Å². The van der Waals surface area contributed by atoms with Gasteiger partial charge < -0.3 is 29.2 Å². The lowest BCUT2D eigenvalue weighted by Gasteiger charge is -2.12. The zero-order valence-electron chi connectivity index (χ0n) is 17.1. The fourth-order valence-corrected chi connectivity index (χ4v) is 2.94. The molecule has 3 N–H and O–H groups in total. The molecule has 9 heteroatoms. The molecule has 0 atom stereocenters. The summed E-state index contributed by atoms with van der Waals surface area (Å²) in [5.74, 6) is 1.28. The third-order valence-corrected chi connectivity index (χ3v) is 4.36. The van der Waals surface area contributed by atoms with Crippen molar-refractivity contribution < 1.29 is 14.2 Å². The van der Waals surface area contributed by atoms with E-state index < -0.39 is 11.1 Å². The van der Waals surface area contributed by atoms with Gasteiger partial charge in [0, 0.05) is 0 Å². The minimum absolute atomic E-state index is 0.0774. The number of benzene rings is 1. The highest BCUT2D eigenvalue weighted by atomic mass is 16.5. The van der Waals surface area contributed by atoms with Crippen LogP contribution in [-0.4, -0.2) is 41.3 Å². The number of aromatic amines is 3. The number of hydrogen-bond acceptors (Lipinski definition) is 6. The number of imidazole rings is 1. The van der Waals surface area contributed by atoms with Crippen LogP contribution < -0.4 is 36.0 Å². The van der Waals surface area contributed by atoms with E-state index in [1.54, 1.807) is 12.1 Å². The number of ether oxygens (including phenoxy) is 3. The van der Waals surface area contributed by atoms with Gasteiger partial charge in [-0.05, 0) is 42.3 Å². The van der Waals surface area contributed by atoms with Crippen molar-refractivity contribution in [1.29, 1.82) is 0 Å². The van der Waals surface area contributed by atoms with Crippen LogP contribution in [0.3, 0.4) is 0 Å². The minimum Gasteiger partial charge on any atom is -0.493 e. The summed E-state index contributed by atoms with van der Waals surface area (Å²) in [6.07, 6.45) is 4.50. The van der Waals surface area contributed by atoms with Gasteiger partial charge in [-0.2, -0.15) is 0 Å². The number of nitrogens with one attached hydrogen (secondary N) is 3. The molecule has 3 rings (SSSR count). The van der Waals surface area contributed by atoms with Gasteiger partial charge >= 0.3 is 0 Å². The predicted molar refractivity (Wildman–Crippen MR) is 113 cm³/mol. The van der Waals surface area contributed by atoms with Crippen LogP contribution in [0.4, 0.5) is 0 Å². The van der Waals surface area contributed by atoms with Crippen LogP contribution in [0.25, 0.3) is 17.7 Å². The monoisotopic (exact) mass is 410 g/mol. The molecule has 2 aromatic heterocycles. The van der Waals surface area contributed by atoms with Gasteiger partial charge in [0.2, 0.25) is 5.75 Å². The van der Waals surface area contributed by atoms with Crippen LogP contribution in [0.15, 0.2) is 34.6 Å². The van der Waals surface area contributed by atoms with Gasteiger partial charge in [0.15, 0.2) is 11.5 Å². The smallest absolute Gasteiger partial charge is 0.272 e. The molecule has 0 spiro atoms. The molecule has 0 saturated carbocycles. The van der Waals surface area contributed by atoms with E-state index in [0.717, 1.165) is 5.57 Å². The number of H-pyrrole nitrogens is 3. The van der Waals surface area contributed by atoms with Crippen molar-refractivity contribution >= 4 is 17.7 Å². The van der Waals surface area contributed by atoms with Crippen molar-refractivity contribution in [3.05, 3.63) is 73.4 Å². The summed E-state index contributed by atoms with van der Waals surface area (Å²) in [5.41, 5.74) is 1.59. The molecule has 0 saturated heterocycles. The van der Waals surface area contributed by atoms with E-state index in [-0.39, 0.29) is 10.7 Å². The Bertz CT molecular complexity index is 1310. The van der Waals surface area contributed by atoms with Crippen molar-refractivity contribution in [2.24, 2.45) is 0 Å². The third kappa shape index (κ3) is 4.04. The van der Waals surface area contributed by atoms with Gasteiger partial charge in [0.05, 0.1) is 39.0 Å². The number of hydrogen-bond donors (Lipinski definition) is 3. The summed E-state index contributed by atoms with van der Waals surface area (Å²) in [6, 6.07) is 3.34. The van der Waals surface area contributed by atoms with Crippen LogP contribution in [-0.2, 0) is 0 Å². The lowest BCUT2D eigenvalue weighted by Crippen LogP contribution is -2.46. The Morgan fingerprint density at radius 3 is 2.03 bits per heavy atom. The number of methoxy groups -OCH3 is 3. The third-order valence-electron chi connectivity index (χ3n) is 4.36. The first kappa shape index (κ1) is 20.7. The molecule has 3 aromatic rings. The van der Waals surface area contributed by atoms with E-state index in [2.05, 4.69) is 26.5 Å². The maximum atomic E-state index is 12.6. The first-order valence-corrected chi connectivity index (χ1v) is 8.93. The van der Waals surface area contributed by atoms with Gasteiger partial charge in [0.25, 0.3) is 11.1 Å². The van der Waals surface area contributed by atoms with Crippen molar-refractivity contribution in [1.82, 2.24) is 19.9 Å². The lowest BCUT2D eigenvalue weighted by atomic mass is 10.1. The van der Waals surface area contributed by atoms with Gasteiger partial charge in [0.1, 0.15) is 10.7 Å². The molecule has 0 aliphatic heterocycles. The van der Waals surface area contributed by atoms with Crippen LogP contribution in [0, 0.1) is 0 Å². The molecule has 0 aliphatic rings. The van der Waals surface area contributed by atoms with E-state index in [9.17, 15) is 9.59 Å². The number of allylic oxidation sites excluding steroid dienone is 1. The Balaban J connectivity index is 2.15. The average Bonchev–Trinajstić information content (AvgIpc) is 3.19.